The van der Waals surface area contributed by atoms with Gasteiger partial charge in [0.15, 0.2) is 0 Å². The van der Waals surface area contributed by atoms with Crippen LogP contribution in [0.2, 0.25) is 0 Å². The molecule has 0 aliphatic carbocycles. The van der Waals surface area contributed by atoms with Gasteiger partial charge >= 0.3 is 5.97 Å². The summed E-state index contributed by atoms with van der Waals surface area (Å²) in [7, 11) is -3.95. The predicted molar refractivity (Wildman–Crippen MR) is 123 cm³/mol. The number of hydrogen-bond acceptors (Lipinski definition) is 7. The molecule has 2 heterocycles. The summed E-state index contributed by atoms with van der Waals surface area (Å²) in [5.74, 6) is -0.259. The molecule has 1 aliphatic heterocycles. The van der Waals surface area contributed by atoms with Crippen molar-refractivity contribution in [3.8, 4) is 11.5 Å². The summed E-state index contributed by atoms with van der Waals surface area (Å²) in [5, 5.41) is -0.150. The number of piperidine rings is 1. The molecule has 1 aromatic heterocycles. The average molecular weight is 519 g/mol. The number of oxazole rings is 1. The van der Waals surface area contributed by atoms with Crippen molar-refractivity contribution >= 4 is 37.6 Å². The number of carbonyl (C=O) groups is 1. The number of halogens is 1. The summed E-state index contributed by atoms with van der Waals surface area (Å²) in [6.45, 7) is 2.94. The molecule has 32 heavy (non-hydrogen) atoms. The minimum atomic E-state index is -3.95. The Morgan fingerprint density at radius 3 is 2.59 bits per heavy atom. The Balaban J connectivity index is 1.78. The maximum absolute atomic E-state index is 13.5. The van der Waals surface area contributed by atoms with Gasteiger partial charge in [-0.05, 0) is 56.2 Å². The third-order valence-corrected chi connectivity index (χ3v) is 7.50. The molecule has 3 aromatic rings. The number of aromatic nitrogens is 1. The molecule has 9 heteroatoms. The van der Waals surface area contributed by atoms with Crippen LogP contribution in [-0.4, -0.2) is 39.1 Å². The summed E-state index contributed by atoms with van der Waals surface area (Å²) < 4.78 is 39.0. The second kappa shape index (κ2) is 9.46. The fraction of sp³-hybridized carbons (Fsp3) is 0.304. The van der Waals surface area contributed by atoms with E-state index in [1.165, 1.54) is 12.1 Å². The highest BCUT2D eigenvalue weighted by Crippen LogP contribution is 2.36. The van der Waals surface area contributed by atoms with Gasteiger partial charge in [0.05, 0.1) is 17.4 Å². The summed E-state index contributed by atoms with van der Waals surface area (Å²) in [5.41, 5.74) is 0.671. The molecule has 0 N–H and O–H groups in total. The van der Waals surface area contributed by atoms with Crippen molar-refractivity contribution in [3.05, 3.63) is 59.1 Å². The van der Waals surface area contributed by atoms with Crippen molar-refractivity contribution in [2.24, 2.45) is 5.92 Å². The maximum Gasteiger partial charge on any atom is 0.310 e. The van der Waals surface area contributed by atoms with Gasteiger partial charge in [-0.25, -0.2) is 8.42 Å². The van der Waals surface area contributed by atoms with Gasteiger partial charge in [0, 0.05) is 23.1 Å². The number of rotatable bonds is 6. The minimum absolute atomic E-state index is 0.119. The zero-order chi connectivity index (χ0) is 22.7. The third-order valence-electron chi connectivity index (χ3n) is 5.31. The van der Waals surface area contributed by atoms with E-state index in [2.05, 4.69) is 20.9 Å². The second-order valence-electron chi connectivity index (χ2n) is 7.49. The number of benzene rings is 2. The van der Waals surface area contributed by atoms with Gasteiger partial charge in [-0.2, -0.15) is 4.98 Å². The Morgan fingerprint density at radius 1 is 1.19 bits per heavy atom. The number of anilines is 1. The molecule has 1 aliphatic rings. The van der Waals surface area contributed by atoms with Gasteiger partial charge in [-0.3, -0.25) is 4.79 Å². The highest BCUT2D eigenvalue weighted by Gasteiger charge is 2.35. The highest BCUT2D eigenvalue weighted by atomic mass is 79.9. The Kier molecular flexibility index (Phi) is 6.66. The molecule has 7 nitrogen and oxygen atoms in total. The van der Waals surface area contributed by atoms with Crippen molar-refractivity contribution < 1.29 is 22.4 Å². The van der Waals surface area contributed by atoms with Crippen molar-refractivity contribution in [3.63, 3.8) is 0 Å². The molecule has 0 saturated carbocycles. The van der Waals surface area contributed by atoms with Gasteiger partial charge in [-0.1, -0.05) is 34.1 Å². The van der Waals surface area contributed by atoms with E-state index in [-0.39, 0.29) is 33.6 Å². The maximum atomic E-state index is 13.5. The second-order valence-corrected chi connectivity index (χ2v) is 10.3. The zero-order valence-corrected chi connectivity index (χ0v) is 19.9. The first kappa shape index (κ1) is 22.5. The summed E-state index contributed by atoms with van der Waals surface area (Å²) >= 11 is 3.33. The van der Waals surface area contributed by atoms with E-state index in [1.54, 1.807) is 24.0 Å². The van der Waals surface area contributed by atoms with E-state index in [0.717, 1.165) is 4.47 Å². The first-order valence-electron chi connectivity index (χ1n) is 10.4. The molecule has 1 fully saturated rings. The molecule has 0 radical (unpaired) electrons. The van der Waals surface area contributed by atoms with Crippen LogP contribution in [0.1, 0.15) is 19.8 Å². The van der Waals surface area contributed by atoms with E-state index in [0.29, 0.717) is 38.1 Å². The number of sulfone groups is 1. The number of nitrogens with zero attached hydrogens (tertiary/aromatic N) is 2. The van der Waals surface area contributed by atoms with E-state index < -0.39 is 9.84 Å². The molecule has 0 spiro atoms. The first-order valence-corrected chi connectivity index (χ1v) is 12.7. The molecule has 1 saturated heterocycles. The van der Waals surface area contributed by atoms with Gasteiger partial charge in [-0.15, -0.1) is 0 Å². The molecular formula is C23H23BrN2O5S. The normalized spacial score (nSPS) is 16.7. The minimum Gasteiger partial charge on any atom is -0.466 e. The van der Waals surface area contributed by atoms with Gasteiger partial charge in [0.25, 0.3) is 0 Å². The van der Waals surface area contributed by atoms with Crippen LogP contribution in [0.25, 0.3) is 11.5 Å². The van der Waals surface area contributed by atoms with E-state index in [4.69, 9.17) is 9.15 Å². The first-order chi connectivity index (χ1) is 15.4. The quantitative estimate of drug-likeness (QED) is 0.436. The van der Waals surface area contributed by atoms with Crippen LogP contribution in [0.15, 0.2) is 73.4 Å². The van der Waals surface area contributed by atoms with Crippen LogP contribution in [0.3, 0.4) is 0 Å². The molecule has 1 unspecified atom stereocenters. The lowest BCUT2D eigenvalue weighted by molar-refractivity contribution is -0.148. The highest BCUT2D eigenvalue weighted by molar-refractivity contribution is 9.10. The average Bonchev–Trinajstić information content (AvgIpc) is 3.27. The van der Waals surface area contributed by atoms with E-state index >= 15 is 0 Å². The van der Waals surface area contributed by atoms with Crippen LogP contribution < -0.4 is 4.90 Å². The Morgan fingerprint density at radius 2 is 1.91 bits per heavy atom. The lowest BCUT2D eigenvalue weighted by Crippen LogP contribution is -2.39. The van der Waals surface area contributed by atoms with Crippen molar-refractivity contribution in [1.29, 1.82) is 0 Å². The largest absolute Gasteiger partial charge is 0.466 e. The van der Waals surface area contributed by atoms with Crippen molar-refractivity contribution in [2.75, 3.05) is 24.6 Å². The molecular weight excluding hydrogens is 496 g/mol. The lowest BCUT2D eigenvalue weighted by atomic mass is 9.98. The Hall–Kier alpha value is -2.65. The Bertz CT molecular complexity index is 1190. The van der Waals surface area contributed by atoms with Gasteiger partial charge in [0.2, 0.25) is 26.6 Å². The summed E-state index contributed by atoms with van der Waals surface area (Å²) in [6.07, 6.45) is 1.40. The van der Waals surface area contributed by atoms with Crippen LogP contribution in [-0.2, 0) is 19.4 Å². The topological polar surface area (TPSA) is 89.7 Å². The molecule has 1 atom stereocenters. The van der Waals surface area contributed by atoms with Crippen LogP contribution >= 0.6 is 15.9 Å². The fourth-order valence-electron chi connectivity index (χ4n) is 3.72. The standard InChI is InChI=1S/C23H23BrN2O5S/c1-2-30-23(27)17-9-6-14-26(15-17)22-21(25-20(31-22)16-7-4-3-5-8-16)32(28,29)19-12-10-18(24)11-13-19/h3-5,7-8,10-13,17H,2,6,9,14-15H2,1H3. The Labute approximate surface area is 195 Å². The van der Waals surface area contributed by atoms with E-state index in [9.17, 15) is 13.2 Å². The number of carbonyl (C=O) groups excluding carboxylic acids is 1. The molecule has 4 rings (SSSR count). The number of ether oxygens (including phenoxy) is 1. The van der Waals surface area contributed by atoms with E-state index in [1.807, 2.05) is 30.3 Å². The third kappa shape index (κ3) is 4.59. The van der Waals surface area contributed by atoms with Crippen LogP contribution in [0, 0.1) is 5.92 Å². The zero-order valence-electron chi connectivity index (χ0n) is 17.5. The smallest absolute Gasteiger partial charge is 0.310 e. The summed E-state index contributed by atoms with van der Waals surface area (Å²) in [6, 6.07) is 15.5. The lowest BCUT2D eigenvalue weighted by Gasteiger charge is -2.31. The SMILES string of the molecule is CCOC(=O)C1CCCN(c2oc(-c3ccccc3)nc2S(=O)(=O)c2ccc(Br)cc2)C1. The predicted octanol–water partition coefficient (Wildman–Crippen LogP) is 4.72. The van der Waals surface area contributed by atoms with Gasteiger partial charge in [0.1, 0.15) is 0 Å². The molecule has 0 bridgehead atoms. The summed E-state index contributed by atoms with van der Waals surface area (Å²) in [4.78, 5) is 18.6. The van der Waals surface area contributed by atoms with Crippen molar-refractivity contribution in [1.82, 2.24) is 4.98 Å². The monoisotopic (exact) mass is 518 g/mol. The van der Waals surface area contributed by atoms with Gasteiger partial charge < -0.3 is 14.1 Å². The van der Waals surface area contributed by atoms with Crippen LogP contribution in [0.5, 0.6) is 0 Å². The molecule has 2 aromatic carbocycles. The molecule has 168 valence electrons. The van der Waals surface area contributed by atoms with Crippen molar-refractivity contribution in [2.45, 2.75) is 29.7 Å². The number of esters is 1. The van der Waals surface area contributed by atoms with Crippen LogP contribution in [0.4, 0.5) is 5.88 Å². The fourth-order valence-corrected chi connectivity index (χ4v) is 5.30. The molecule has 0 amide bonds. The number of hydrogen-bond donors (Lipinski definition) is 0.